The summed E-state index contributed by atoms with van der Waals surface area (Å²) < 4.78 is 41.3. The molecule has 1 aromatic heterocycles. The van der Waals surface area contributed by atoms with Crippen molar-refractivity contribution in [2.24, 2.45) is 0 Å². The molecule has 2 N–H and O–H groups in total. The number of carbonyl (C=O) groups is 2. The predicted molar refractivity (Wildman–Crippen MR) is 118 cm³/mol. The summed E-state index contributed by atoms with van der Waals surface area (Å²) in [6.45, 7) is 1.40. The number of benzene rings is 2. The van der Waals surface area contributed by atoms with E-state index in [0.29, 0.717) is 5.69 Å². The van der Waals surface area contributed by atoms with E-state index in [0.717, 1.165) is 35.0 Å². The van der Waals surface area contributed by atoms with Crippen LogP contribution in [-0.4, -0.2) is 21.6 Å². The number of carbonyl (C=O) groups excluding carboxylic acids is 1. The van der Waals surface area contributed by atoms with Crippen LogP contribution in [0.15, 0.2) is 59.5 Å². The molecule has 33 heavy (non-hydrogen) atoms. The number of amides is 1. The maximum absolute atomic E-state index is 13.4. The molecule has 0 saturated heterocycles. The Morgan fingerprint density at radius 1 is 1.03 bits per heavy atom. The molecule has 0 bridgehead atoms. The molecule has 3 aromatic rings. The van der Waals surface area contributed by atoms with Crippen LogP contribution in [0, 0.1) is 0 Å². The summed E-state index contributed by atoms with van der Waals surface area (Å²) in [6, 6.07) is 8.12. The second kappa shape index (κ2) is 9.29. The van der Waals surface area contributed by atoms with E-state index in [9.17, 15) is 27.6 Å². The molecule has 1 amide bonds. The highest BCUT2D eigenvalue weighted by molar-refractivity contribution is 6.33. The summed E-state index contributed by atoms with van der Waals surface area (Å²) in [7, 11) is 0. The maximum Gasteiger partial charge on any atom is 0.417 e. The molecule has 0 radical (unpaired) electrons. The fraction of sp³-hybridized carbons (Fsp3) is 0.136. The number of nitrogens with zero attached hydrogens (tertiary/aromatic N) is 1. The van der Waals surface area contributed by atoms with Gasteiger partial charge in [-0.15, -0.1) is 0 Å². The second-order valence-corrected chi connectivity index (χ2v) is 7.86. The predicted octanol–water partition coefficient (Wildman–Crippen LogP) is 5.74. The number of hydrogen-bond donors (Lipinski definition) is 2. The number of anilines is 1. The molecular weight excluding hydrogens is 484 g/mol. The van der Waals surface area contributed by atoms with Crippen molar-refractivity contribution < 1.29 is 27.9 Å². The molecule has 172 valence electrons. The maximum atomic E-state index is 13.4. The first-order valence-electron chi connectivity index (χ1n) is 9.31. The van der Waals surface area contributed by atoms with Crippen molar-refractivity contribution in [3.05, 3.63) is 86.3 Å². The van der Waals surface area contributed by atoms with E-state index >= 15 is 0 Å². The topological polar surface area (TPSA) is 88.4 Å². The van der Waals surface area contributed by atoms with E-state index in [-0.39, 0.29) is 26.7 Å². The van der Waals surface area contributed by atoms with Crippen LogP contribution >= 0.6 is 23.2 Å². The number of hydrogen-bond acceptors (Lipinski definition) is 3. The van der Waals surface area contributed by atoms with Gasteiger partial charge in [-0.2, -0.15) is 13.2 Å². The summed E-state index contributed by atoms with van der Waals surface area (Å²) in [5, 5.41) is 11.3. The average Bonchev–Trinajstić information content (AvgIpc) is 2.74. The molecule has 3 rings (SSSR count). The van der Waals surface area contributed by atoms with Crippen LogP contribution in [0.3, 0.4) is 0 Å². The monoisotopic (exact) mass is 498 g/mol. The first kappa shape index (κ1) is 24.3. The number of aromatic nitrogens is 1. The molecule has 0 aliphatic heterocycles. The molecule has 0 aliphatic rings. The first-order valence-corrected chi connectivity index (χ1v) is 10.1. The molecule has 1 unspecified atom stereocenters. The van der Waals surface area contributed by atoms with Crippen LogP contribution in [-0.2, 0) is 11.0 Å². The molecule has 6 nitrogen and oxygen atoms in total. The van der Waals surface area contributed by atoms with E-state index in [2.05, 4.69) is 5.32 Å². The highest BCUT2D eigenvalue weighted by Crippen LogP contribution is 2.40. The largest absolute Gasteiger partial charge is 0.478 e. The molecule has 11 heteroatoms. The van der Waals surface area contributed by atoms with E-state index in [1.54, 1.807) is 0 Å². The minimum Gasteiger partial charge on any atom is -0.478 e. The Hall–Kier alpha value is -3.30. The van der Waals surface area contributed by atoms with Crippen molar-refractivity contribution in [2.75, 3.05) is 5.32 Å². The van der Waals surface area contributed by atoms with Gasteiger partial charge in [0.05, 0.1) is 16.1 Å². The fourth-order valence-corrected chi connectivity index (χ4v) is 3.52. The Morgan fingerprint density at radius 3 is 2.24 bits per heavy atom. The fourth-order valence-electron chi connectivity index (χ4n) is 3.09. The van der Waals surface area contributed by atoms with E-state index in [1.807, 2.05) is 0 Å². The van der Waals surface area contributed by atoms with Crippen molar-refractivity contribution in [1.82, 2.24) is 4.57 Å². The zero-order valence-electron chi connectivity index (χ0n) is 16.8. The molecule has 2 aromatic carbocycles. The van der Waals surface area contributed by atoms with Gasteiger partial charge in [0, 0.05) is 28.5 Å². The number of carboxylic acids is 1. The van der Waals surface area contributed by atoms with Crippen molar-refractivity contribution in [3.63, 3.8) is 0 Å². The third-order valence-corrected chi connectivity index (χ3v) is 5.34. The van der Waals surface area contributed by atoms with Crippen LogP contribution in [0.2, 0.25) is 10.0 Å². The Labute approximate surface area is 195 Å². The van der Waals surface area contributed by atoms with Gasteiger partial charge in [0.15, 0.2) is 0 Å². The van der Waals surface area contributed by atoms with Crippen LogP contribution in [0.5, 0.6) is 0 Å². The van der Waals surface area contributed by atoms with Gasteiger partial charge in [0.25, 0.3) is 5.56 Å². The number of alkyl halides is 3. The van der Waals surface area contributed by atoms with Crippen molar-refractivity contribution in [2.45, 2.75) is 19.1 Å². The Morgan fingerprint density at radius 2 is 1.67 bits per heavy atom. The minimum atomic E-state index is -4.71. The van der Waals surface area contributed by atoms with E-state index in [1.165, 1.54) is 31.2 Å². The molecular formula is C22H15Cl2F3N2O4. The normalized spacial score (nSPS) is 12.3. The van der Waals surface area contributed by atoms with Crippen molar-refractivity contribution in [1.29, 1.82) is 0 Å². The zero-order valence-corrected chi connectivity index (χ0v) is 18.3. The Bertz CT molecular complexity index is 1290. The van der Waals surface area contributed by atoms with E-state index < -0.39 is 35.2 Å². The average molecular weight is 499 g/mol. The lowest BCUT2D eigenvalue weighted by Gasteiger charge is -2.18. The second-order valence-electron chi connectivity index (χ2n) is 7.02. The molecule has 0 spiro atoms. The van der Waals surface area contributed by atoms with Gasteiger partial charge in [-0.1, -0.05) is 23.2 Å². The standard InChI is InChI=1S/C22H15Cl2F3N2O4/c1-11(20(31)28-14-5-2-12(3-6-14)21(32)33)29-10-18(24)16(9-19(29)30)15-8-13(23)4-7-17(15)22(25,26)27/h2-11H,1H3,(H,28,31)(H,32,33). The van der Waals surface area contributed by atoms with Gasteiger partial charge in [-0.3, -0.25) is 9.59 Å². The molecule has 1 heterocycles. The smallest absolute Gasteiger partial charge is 0.417 e. The number of pyridine rings is 1. The molecule has 1 atom stereocenters. The lowest BCUT2D eigenvalue weighted by atomic mass is 10.00. The van der Waals surface area contributed by atoms with E-state index in [4.69, 9.17) is 28.3 Å². The lowest BCUT2D eigenvalue weighted by Crippen LogP contribution is -2.31. The van der Waals surface area contributed by atoms with Crippen LogP contribution in [0.4, 0.5) is 18.9 Å². The summed E-state index contributed by atoms with van der Waals surface area (Å²) in [6.07, 6.45) is -3.63. The molecule has 0 aliphatic carbocycles. The van der Waals surface area contributed by atoms with Gasteiger partial charge in [-0.25, -0.2) is 4.79 Å². The zero-order chi connectivity index (χ0) is 24.5. The first-order chi connectivity index (χ1) is 15.4. The highest BCUT2D eigenvalue weighted by atomic mass is 35.5. The van der Waals surface area contributed by atoms with Crippen molar-refractivity contribution in [3.8, 4) is 11.1 Å². The minimum absolute atomic E-state index is 0.0267. The number of aromatic carboxylic acids is 1. The third kappa shape index (κ3) is 5.37. The van der Waals surface area contributed by atoms with Gasteiger partial charge >= 0.3 is 12.1 Å². The van der Waals surface area contributed by atoms with Gasteiger partial charge in [0.1, 0.15) is 6.04 Å². The number of carboxylic acid groups (broad SMARTS) is 1. The summed E-state index contributed by atoms with van der Waals surface area (Å²) in [5.41, 5.74) is -1.99. The number of rotatable bonds is 5. The van der Waals surface area contributed by atoms with Crippen LogP contribution in [0.1, 0.15) is 28.9 Å². The van der Waals surface area contributed by atoms with Crippen LogP contribution in [0.25, 0.3) is 11.1 Å². The summed E-state index contributed by atoms with van der Waals surface area (Å²) in [5.74, 6) is -1.75. The SMILES string of the molecule is CC(C(=O)Nc1ccc(C(=O)O)cc1)n1cc(Cl)c(-c2cc(Cl)ccc2C(F)(F)F)cc1=O. The quantitative estimate of drug-likeness (QED) is 0.469. The number of halogens is 5. The summed E-state index contributed by atoms with van der Waals surface area (Å²) >= 11 is 12.1. The number of nitrogens with one attached hydrogen (secondary N) is 1. The van der Waals surface area contributed by atoms with Crippen LogP contribution < -0.4 is 10.9 Å². The van der Waals surface area contributed by atoms with Gasteiger partial charge < -0.3 is 15.0 Å². The Kier molecular flexibility index (Phi) is 6.85. The van der Waals surface area contributed by atoms with Crippen molar-refractivity contribution >= 4 is 40.8 Å². The third-order valence-electron chi connectivity index (χ3n) is 4.81. The Balaban J connectivity index is 1.93. The highest BCUT2D eigenvalue weighted by Gasteiger charge is 2.34. The molecule has 0 saturated carbocycles. The van der Waals surface area contributed by atoms with Gasteiger partial charge in [-0.05, 0) is 55.0 Å². The summed E-state index contributed by atoms with van der Waals surface area (Å²) in [4.78, 5) is 36.2. The molecule has 0 fully saturated rings. The van der Waals surface area contributed by atoms with Gasteiger partial charge in [0.2, 0.25) is 5.91 Å². The lowest BCUT2D eigenvalue weighted by molar-refractivity contribution is -0.137.